The highest BCUT2D eigenvalue weighted by molar-refractivity contribution is 6.30. The van der Waals surface area contributed by atoms with Crippen LogP contribution in [0.2, 0.25) is 5.02 Å². The largest absolute Gasteiger partial charge is 0.492 e. The van der Waals surface area contributed by atoms with E-state index in [2.05, 4.69) is 5.32 Å². The van der Waals surface area contributed by atoms with Crippen LogP contribution < -0.4 is 10.1 Å². The van der Waals surface area contributed by atoms with E-state index >= 15 is 0 Å². The van der Waals surface area contributed by atoms with E-state index in [1.807, 2.05) is 31.2 Å². The van der Waals surface area contributed by atoms with Crippen molar-refractivity contribution in [3.8, 4) is 5.75 Å². The number of nitrogens with one attached hydrogen (secondary N) is 1. The van der Waals surface area contributed by atoms with Crippen molar-refractivity contribution in [2.24, 2.45) is 0 Å². The van der Waals surface area contributed by atoms with Gasteiger partial charge in [-0.3, -0.25) is 0 Å². The average molecular weight is 280 g/mol. The van der Waals surface area contributed by atoms with Crippen LogP contribution in [-0.2, 0) is 0 Å². The number of hydrogen-bond acceptors (Lipinski definition) is 2. The van der Waals surface area contributed by atoms with Crippen LogP contribution in [0.4, 0.5) is 10.1 Å². The number of aryl methyl sites for hydroxylation is 1. The third kappa shape index (κ3) is 3.86. The number of hydrogen-bond donors (Lipinski definition) is 1. The molecule has 0 bridgehead atoms. The summed E-state index contributed by atoms with van der Waals surface area (Å²) in [5.74, 6) is 0.0134. The minimum Gasteiger partial charge on any atom is -0.492 e. The molecule has 4 heteroatoms. The highest BCUT2D eigenvalue weighted by Crippen LogP contribution is 2.20. The van der Waals surface area contributed by atoms with Gasteiger partial charge >= 0.3 is 0 Å². The van der Waals surface area contributed by atoms with Crippen molar-refractivity contribution in [1.29, 1.82) is 0 Å². The maximum absolute atomic E-state index is 13.2. The SMILES string of the molecule is Cc1ccccc1NCCOc1ccc(Cl)c(F)c1. The summed E-state index contributed by atoms with van der Waals surface area (Å²) in [7, 11) is 0. The van der Waals surface area contributed by atoms with Gasteiger partial charge < -0.3 is 10.1 Å². The van der Waals surface area contributed by atoms with E-state index in [-0.39, 0.29) is 5.02 Å². The minimum absolute atomic E-state index is 0.102. The standard InChI is InChI=1S/C15H15ClFNO/c1-11-4-2-3-5-15(11)18-8-9-19-12-6-7-13(16)14(17)10-12/h2-7,10,18H,8-9H2,1H3. The molecule has 0 spiro atoms. The lowest BCUT2D eigenvalue weighted by Crippen LogP contribution is -2.12. The molecule has 100 valence electrons. The van der Waals surface area contributed by atoms with Crippen LogP contribution >= 0.6 is 11.6 Å². The summed E-state index contributed by atoms with van der Waals surface area (Å²) in [6.07, 6.45) is 0. The molecule has 0 aliphatic heterocycles. The average Bonchev–Trinajstić information content (AvgIpc) is 2.40. The number of halogens is 2. The van der Waals surface area contributed by atoms with Gasteiger partial charge in [0.15, 0.2) is 0 Å². The van der Waals surface area contributed by atoms with E-state index in [9.17, 15) is 4.39 Å². The van der Waals surface area contributed by atoms with Crippen LogP contribution in [0.15, 0.2) is 42.5 Å². The van der Waals surface area contributed by atoms with Crippen LogP contribution in [0.5, 0.6) is 5.75 Å². The third-order valence-electron chi connectivity index (χ3n) is 2.72. The molecule has 0 aromatic heterocycles. The predicted molar refractivity (Wildman–Crippen MR) is 76.6 cm³/mol. The fourth-order valence-corrected chi connectivity index (χ4v) is 1.81. The summed E-state index contributed by atoms with van der Waals surface area (Å²) in [6.45, 7) is 3.14. The first-order valence-electron chi connectivity index (χ1n) is 6.04. The lowest BCUT2D eigenvalue weighted by atomic mass is 10.2. The zero-order valence-corrected chi connectivity index (χ0v) is 11.4. The summed E-state index contributed by atoms with van der Waals surface area (Å²) in [4.78, 5) is 0. The molecule has 0 atom stereocenters. The van der Waals surface area contributed by atoms with Gasteiger partial charge in [0.2, 0.25) is 0 Å². The summed E-state index contributed by atoms with van der Waals surface area (Å²) < 4.78 is 18.6. The molecule has 0 saturated carbocycles. The summed E-state index contributed by atoms with van der Waals surface area (Å²) >= 11 is 5.60. The van der Waals surface area contributed by atoms with E-state index in [0.29, 0.717) is 18.9 Å². The zero-order chi connectivity index (χ0) is 13.7. The molecule has 1 N–H and O–H groups in total. The lowest BCUT2D eigenvalue weighted by Gasteiger charge is -2.10. The quantitative estimate of drug-likeness (QED) is 0.825. The second-order valence-electron chi connectivity index (χ2n) is 4.17. The Morgan fingerprint density at radius 3 is 2.74 bits per heavy atom. The molecule has 2 aromatic rings. The molecule has 0 radical (unpaired) electrons. The first kappa shape index (κ1) is 13.7. The molecule has 2 nitrogen and oxygen atoms in total. The fourth-order valence-electron chi connectivity index (χ4n) is 1.69. The van der Waals surface area contributed by atoms with E-state index in [1.54, 1.807) is 6.07 Å². The molecule has 2 rings (SSSR count). The predicted octanol–water partition coefficient (Wildman–Crippen LogP) is 4.28. The maximum atomic E-state index is 13.2. The van der Waals surface area contributed by atoms with Crippen molar-refractivity contribution in [1.82, 2.24) is 0 Å². The van der Waals surface area contributed by atoms with Gasteiger partial charge in [-0.15, -0.1) is 0 Å². The second-order valence-corrected chi connectivity index (χ2v) is 4.57. The van der Waals surface area contributed by atoms with E-state index in [1.165, 1.54) is 17.7 Å². The summed E-state index contributed by atoms with van der Waals surface area (Å²) in [5, 5.41) is 3.37. The van der Waals surface area contributed by atoms with Crippen molar-refractivity contribution in [2.75, 3.05) is 18.5 Å². The van der Waals surface area contributed by atoms with Crippen LogP contribution in [0.1, 0.15) is 5.56 Å². The molecule has 2 aromatic carbocycles. The molecule has 0 fully saturated rings. The molecule has 19 heavy (non-hydrogen) atoms. The Morgan fingerprint density at radius 2 is 2.00 bits per heavy atom. The van der Waals surface area contributed by atoms with Gasteiger partial charge in [-0.1, -0.05) is 29.8 Å². The van der Waals surface area contributed by atoms with Crippen LogP contribution in [0.3, 0.4) is 0 Å². The topological polar surface area (TPSA) is 21.3 Å². The molecular formula is C15H15ClFNO. The number of para-hydroxylation sites is 1. The van der Waals surface area contributed by atoms with E-state index < -0.39 is 5.82 Å². The smallest absolute Gasteiger partial charge is 0.145 e. The number of ether oxygens (including phenoxy) is 1. The van der Waals surface area contributed by atoms with Crippen LogP contribution in [0, 0.1) is 12.7 Å². The maximum Gasteiger partial charge on any atom is 0.145 e. The molecule has 0 aliphatic carbocycles. The van der Waals surface area contributed by atoms with Crippen molar-refractivity contribution in [3.05, 3.63) is 58.9 Å². The van der Waals surface area contributed by atoms with Gasteiger partial charge in [-0.2, -0.15) is 0 Å². The van der Waals surface area contributed by atoms with Crippen molar-refractivity contribution in [3.63, 3.8) is 0 Å². The Hall–Kier alpha value is -1.74. The van der Waals surface area contributed by atoms with Crippen molar-refractivity contribution < 1.29 is 9.13 Å². The van der Waals surface area contributed by atoms with Gasteiger partial charge in [-0.05, 0) is 30.7 Å². The van der Waals surface area contributed by atoms with Gasteiger partial charge in [0.05, 0.1) is 5.02 Å². The molecule has 0 aliphatic rings. The van der Waals surface area contributed by atoms with Gasteiger partial charge in [0, 0.05) is 18.3 Å². The second kappa shape index (κ2) is 6.43. The Kier molecular flexibility index (Phi) is 4.63. The fraction of sp³-hybridized carbons (Fsp3) is 0.200. The number of anilines is 1. The summed E-state index contributed by atoms with van der Waals surface area (Å²) in [6, 6.07) is 12.4. The highest BCUT2D eigenvalue weighted by atomic mass is 35.5. The Bertz CT molecular complexity index is 560. The number of benzene rings is 2. The molecular weight excluding hydrogens is 265 g/mol. The first-order chi connectivity index (χ1) is 9.16. The highest BCUT2D eigenvalue weighted by Gasteiger charge is 2.01. The van der Waals surface area contributed by atoms with Gasteiger partial charge in [0.25, 0.3) is 0 Å². The van der Waals surface area contributed by atoms with Gasteiger partial charge in [-0.25, -0.2) is 4.39 Å². The minimum atomic E-state index is -0.467. The van der Waals surface area contributed by atoms with Gasteiger partial charge in [0.1, 0.15) is 18.2 Å². The summed E-state index contributed by atoms with van der Waals surface area (Å²) in [5.41, 5.74) is 2.26. The Morgan fingerprint density at radius 1 is 1.21 bits per heavy atom. The van der Waals surface area contributed by atoms with E-state index in [4.69, 9.17) is 16.3 Å². The normalized spacial score (nSPS) is 10.3. The van der Waals surface area contributed by atoms with Crippen LogP contribution in [0.25, 0.3) is 0 Å². The Balaban J connectivity index is 1.81. The molecule has 0 unspecified atom stereocenters. The Labute approximate surface area is 117 Å². The lowest BCUT2D eigenvalue weighted by molar-refractivity contribution is 0.331. The first-order valence-corrected chi connectivity index (χ1v) is 6.42. The van der Waals surface area contributed by atoms with Crippen LogP contribution in [-0.4, -0.2) is 13.2 Å². The van der Waals surface area contributed by atoms with Crippen molar-refractivity contribution in [2.45, 2.75) is 6.92 Å². The zero-order valence-electron chi connectivity index (χ0n) is 10.6. The molecule has 0 heterocycles. The molecule has 0 amide bonds. The third-order valence-corrected chi connectivity index (χ3v) is 3.03. The molecule has 0 saturated heterocycles. The van der Waals surface area contributed by atoms with Crippen molar-refractivity contribution >= 4 is 17.3 Å². The monoisotopic (exact) mass is 279 g/mol. The van der Waals surface area contributed by atoms with E-state index in [0.717, 1.165) is 5.69 Å². The number of rotatable bonds is 5.